The highest BCUT2D eigenvalue weighted by Crippen LogP contribution is 2.34. The Hall–Kier alpha value is -7.01. The zero-order valence-corrected chi connectivity index (χ0v) is 35.5. The molecule has 0 radical (unpaired) electrons. The quantitative estimate of drug-likeness (QED) is 0.102. The molecule has 61 heavy (non-hydrogen) atoms. The van der Waals surface area contributed by atoms with Crippen LogP contribution in [0, 0.1) is 0 Å². The topological polar surface area (TPSA) is 192 Å². The zero-order valence-electron chi connectivity index (χ0n) is 33.1. The summed E-state index contributed by atoms with van der Waals surface area (Å²) < 4.78 is 66.2. The van der Waals surface area contributed by atoms with Gasteiger partial charge in [0, 0.05) is 25.2 Å². The number of phenolic OH excluding ortho intramolecular Hbond substituents is 2. The summed E-state index contributed by atoms with van der Waals surface area (Å²) in [6, 6.07) is 39.3. The second-order valence-corrected chi connectivity index (χ2v) is 16.5. The first-order chi connectivity index (χ1) is 29.2. The molecule has 0 amide bonds. The molecule has 0 aromatic heterocycles. The monoisotopic (exact) mass is 878 g/mol. The number of amidine groups is 1. The number of aromatic hydroxyl groups is 2. The molecule has 0 spiro atoms. The fourth-order valence-corrected chi connectivity index (χ4v) is 8.87. The van der Waals surface area contributed by atoms with Gasteiger partial charge in [0.1, 0.15) is 9.79 Å². The predicted molar refractivity (Wildman–Crippen MR) is 238 cm³/mol. The van der Waals surface area contributed by atoms with Gasteiger partial charge in [-0.25, -0.2) is 5.01 Å². The van der Waals surface area contributed by atoms with E-state index in [-0.39, 0.29) is 32.3 Å². The van der Waals surface area contributed by atoms with E-state index in [1.807, 2.05) is 72.8 Å². The van der Waals surface area contributed by atoms with Crippen LogP contribution < -0.4 is 14.9 Å². The maximum atomic E-state index is 12.6. The van der Waals surface area contributed by atoms with Crippen LogP contribution in [0.1, 0.15) is 22.3 Å². The van der Waals surface area contributed by atoms with Crippen LogP contribution in [-0.2, 0) is 20.0 Å². The van der Waals surface area contributed by atoms with Crippen molar-refractivity contribution < 1.29 is 36.5 Å². The molecule has 0 atom stereocenters. The fraction of sp³-hybridized carbons (Fsp3) is 0.0909. The third-order valence-corrected chi connectivity index (χ3v) is 12.1. The Bertz CT molecular complexity index is 2910. The largest absolute Gasteiger partial charge is 0.504 e. The molecule has 0 saturated heterocycles. The minimum Gasteiger partial charge on any atom is -0.504 e. The van der Waals surface area contributed by atoms with Crippen molar-refractivity contribution in [3.05, 3.63) is 156 Å². The van der Waals surface area contributed by atoms with Crippen LogP contribution in [0.3, 0.4) is 0 Å². The summed E-state index contributed by atoms with van der Waals surface area (Å²) in [7, 11) is -1.13. The number of benzene rings is 6. The van der Waals surface area contributed by atoms with E-state index in [4.69, 9.17) is 21.1 Å². The summed E-state index contributed by atoms with van der Waals surface area (Å²) in [4.78, 5) is 0.334. The standard InChI is InChI=1S/C22H19N3O4S.C13H8ClNO2S.C9H12N2O2/c1-25(23-14-15-8-11-19(26)20(12-15)29-2)22-18-10-9-17(16-6-4-3-5-7-16)13-21(18)30(27,28)24-22;14-13-11-7-6-10(9-4-2-1-3-5-9)8-12(11)18(16,17)15-13;1-10-11-6-7-3-4-8(12)9(5-7)13-2/h3-14,26H,1-2H3;1-8H;3-6,10,12H,1-2H3/b23-14+;;11-6+. The van der Waals surface area contributed by atoms with Gasteiger partial charge in [-0.15, -0.1) is 8.80 Å². The van der Waals surface area contributed by atoms with E-state index in [9.17, 15) is 27.0 Å². The van der Waals surface area contributed by atoms with Crippen molar-refractivity contribution in [2.24, 2.45) is 19.0 Å². The highest BCUT2D eigenvalue weighted by molar-refractivity contribution is 7.91. The Morgan fingerprint density at radius 2 is 1.10 bits per heavy atom. The lowest BCUT2D eigenvalue weighted by Gasteiger charge is -2.13. The Morgan fingerprint density at radius 3 is 1.61 bits per heavy atom. The van der Waals surface area contributed by atoms with Crippen LogP contribution in [0.25, 0.3) is 22.3 Å². The van der Waals surface area contributed by atoms with Crippen molar-refractivity contribution in [2.45, 2.75) is 9.79 Å². The molecule has 312 valence electrons. The molecular formula is C44H39ClN6O8S2. The Balaban J connectivity index is 0.000000170. The molecule has 3 N–H and O–H groups in total. The molecule has 0 bridgehead atoms. The van der Waals surface area contributed by atoms with Crippen molar-refractivity contribution in [1.82, 2.24) is 10.4 Å². The van der Waals surface area contributed by atoms with Crippen LogP contribution >= 0.6 is 11.6 Å². The van der Waals surface area contributed by atoms with Gasteiger partial charge in [-0.1, -0.05) is 84.4 Å². The second-order valence-electron chi connectivity index (χ2n) is 13.0. The summed E-state index contributed by atoms with van der Waals surface area (Å²) >= 11 is 5.80. The van der Waals surface area contributed by atoms with Gasteiger partial charge in [0.15, 0.2) is 34.0 Å². The Kier molecular flexibility index (Phi) is 13.5. The first kappa shape index (κ1) is 43.6. The predicted octanol–water partition coefficient (Wildman–Crippen LogP) is 7.48. The van der Waals surface area contributed by atoms with Crippen molar-refractivity contribution in [2.75, 3.05) is 28.3 Å². The molecule has 6 aromatic carbocycles. The third kappa shape index (κ3) is 10.2. The summed E-state index contributed by atoms with van der Waals surface area (Å²) in [5.41, 5.74) is 8.66. The number of sulfonamides is 2. The zero-order chi connectivity index (χ0) is 43.7. The smallest absolute Gasteiger partial charge is 0.285 e. The first-order valence-electron chi connectivity index (χ1n) is 18.2. The number of nitrogens with one attached hydrogen (secondary N) is 1. The fourth-order valence-electron chi connectivity index (χ4n) is 5.99. The number of methoxy groups -OCH3 is 2. The lowest BCUT2D eigenvalue weighted by atomic mass is 10.0. The van der Waals surface area contributed by atoms with Gasteiger partial charge in [0.25, 0.3) is 20.0 Å². The summed E-state index contributed by atoms with van der Waals surface area (Å²) in [5, 5.41) is 28.5. The molecule has 2 heterocycles. The normalized spacial score (nSPS) is 14.0. The summed E-state index contributed by atoms with van der Waals surface area (Å²) in [6.07, 6.45) is 3.18. The van der Waals surface area contributed by atoms with Crippen molar-refractivity contribution in [3.63, 3.8) is 0 Å². The molecule has 14 nitrogen and oxygen atoms in total. The average Bonchev–Trinajstić information content (AvgIpc) is 3.69. The van der Waals surface area contributed by atoms with E-state index in [0.29, 0.717) is 28.2 Å². The lowest BCUT2D eigenvalue weighted by Crippen LogP contribution is -2.21. The van der Waals surface area contributed by atoms with Crippen LogP contribution in [0.4, 0.5) is 0 Å². The van der Waals surface area contributed by atoms with Gasteiger partial charge in [-0.05, 0) is 94.0 Å². The summed E-state index contributed by atoms with van der Waals surface area (Å²) in [5.74, 6) is 1.16. The van der Waals surface area contributed by atoms with Crippen LogP contribution in [0.15, 0.2) is 162 Å². The highest BCUT2D eigenvalue weighted by atomic mass is 35.5. The molecule has 0 aliphatic carbocycles. The second kappa shape index (κ2) is 18.9. The van der Waals surface area contributed by atoms with Crippen molar-refractivity contribution in [1.29, 1.82) is 0 Å². The van der Waals surface area contributed by atoms with Crippen molar-refractivity contribution in [3.8, 4) is 45.3 Å². The SMILES string of the molecule is CN/N=C/c1ccc(O)c(OC)c1.COc1cc(/C=N/N(C)C2=NS(=O)(=O)c3cc(-c4ccccc4)ccc32)ccc1O.O=S1(=O)N=C(Cl)c2ccc(-c3ccccc3)cc21. The maximum absolute atomic E-state index is 12.6. The minimum absolute atomic E-state index is 0.0254. The Morgan fingerprint density at radius 1 is 0.623 bits per heavy atom. The molecule has 2 aliphatic heterocycles. The minimum atomic E-state index is -3.81. The van der Waals surface area contributed by atoms with E-state index in [1.54, 1.807) is 74.9 Å². The van der Waals surface area contributed by atoms with Gasteiger partial charge in [0.2, 0.25) is 0 Å². The number of hydrogen-bond acceptors (Lipinski definition) is 12. The van der Waals surface area contributed by atoms with Gasteiger partial charge in [-0.3, -0.25) is 0 Å². The lowest BCUT2D eigenvalue weighted by molar-refractivity contribution is 0.373. The molecule has 2 aliphatic rings. The molecule has 17 heteroatoms. The average molecular weight is 879 g/mol. The number of nitrogens with zero attached hydrogens (tertiary/aromatic N) is 5. The molecule has 8 rings (SSSR count). The van der Waals surface area contributed by atoms with E-state index in [2.05, 4.69) is 24.4 Å². The van der Waals surface area contributed by atoms with Gasteiger partial charge in [0.05, 0.1) is 26.6 Å². The molecule has 0 saturated carbocycles. The molecule has 6 aromatic rings. The van der Waals surface area contributed by atoms with Gasteiger partial charge in [-0.2, -0.15) is 27.0 Å². The highest BCUT2D eigenvalue weighted by Gasteiger charge is 2.31. The first-order valence-corrected chi connectivity index (χ1v) is 21.5. The van der Waals surface area contributed by atoms with E-state index in [1.165, 1.54) is 31.5 Å². The molecule has 0 unspecified atom stereocenters. The Labute approximate surface area is 358 Å². The van der Waals surface area contributed by atoms with E-state index >= 15 is 0 Å². The van der Waals surface area contributed by atoms with Crippen molar-refractivity contribution >= 4 is 55.1 Å². The van der Waals surface area contributed by atoms with Gasteiger partial charge >= 0.3 is 0 Å². The summed E-state index contributed by atoms with van der Waals surface area (Å²) in [6.45, 7) is 0. The number of fused-ring (bicyclic) bond motifs is 2. The number of hydrogen-bond donors (Lipinski definition) is 3. The number of ether oxygens (including phenoxy) is 2. The van der Waals surface area contributed by atoms with E-state index in [0.717, 1.165) is 27.8 Å². The third-order valence-electron chi connectivity index (χ3n) is 9.04. The van der Waals surface area contributed by atoms with Crippen LogP contribution in [-0.4, -0.2) is 83.8 Å². The number of halogens is 1. The van der Waals surface area contributed by atoms with Gasteiger partial charge < -0.3 is 25.1 Å². The molecule has 0 fully saturated rings. The van der Waals surface area contributed by atoms with Crippen LogP contribution in [0.5, 0.6) is 23.0 Å². The van der Waals surface area contributed by atoms with E-state index < -0.39 is 20.0 Å². The maximum Gasteiger partial charge on any atom is 0.285 e. The number of rotatable bonds is 8. The molecular weight excluding hydrogens is 840 g/mol. The number of phenols is 2. The number of hydrazone groups is 2. The van der Waals surface area contributed by atoms with Crippen LogP contribution in [0.2, 0.25) is 0 Å².